The molecule has 0 unspecified atom stereocenters. The van der Waals surface area contributed by atoms with E-state index in [1.54, 1.807) is 6.07 Å². The van der Waals surface area contributed by atoms with Crippen molar-refractivity contribution in [3.63, 3.8) is 0 Å². The predicted molar refractivity (Wildman–Crippen MR) is 102 cm³/mol. The first-order chi connectivity index (χ1) is 12.6. The lowest BCUT2D eigenvalue weighted by atomic mass is 10.1. The first-order valence-electron chi connectivity index (χ1n) is 8.58. The Labute approximate surface area is 152 Å². The van der Waals surface area contributed by atoms with Crippen LogP contribution in [0.25, 0.3) is 10.8 Å². The molecule has 2 amide bonds. The van der Waals surface area contributed by atoms with E-state index in [9.17, 15) is 9.59 Å². The summed E-state index contributed by atoms with van der Waals surface area (Å²) in [4.78, 5) is 28.5. The van der Waals surface area contributed by atoms with Crippen molar-refractivity contribution >= 4 is 22.6 Å². The number of rotatable bonds is 6. The molecule has 2 N–H and O–H groups in total. The third-order valence-electron chi connectivity index (χ3n) is 4.06. The Kier molecular flexibility index (Phi) is 5.59. The van der Waals surface area contributed by atoms with Crippen LogP contribution in [0.4, 0.5) is 0 Å². The summed E-state index contributed by atoms with van der Waals surface area (Å²) in [5.41, 5.74) is 2.33. The molecule has 3 rings (SSSR count). The first kappa shape index (κ1) is 17.6. The molecule has 0 aliphatic carbocycles. The van der Waals surface area contributed by atoms with Crippen LogP contribution in [0.1, 0.15) is 28.2 Å². The van der Waals surface area contributed by atoms with Gasteiger partial charge in [-0.2, -0.15) is 0 Å². The largest absolute Gasteiger partial charge is 0.352 e. The molecule has 0 spiro atoms. The lowest BCUT2D eigenvalue weighted by Gasteiger charge is -2.08. The third kappa shape index (κ3) is 4.66. The number of fused-ring (bicyclic) bond motifs is 1. The zero-order valence-corrected chi connectivity index (χ0v) is 14.7. The molecule has 1 aromatic heterocycles. The number of aromatic nitrogens is 1. The lowest BCUT2D eigenvalue weighted by Crippen LogP contribution is -2.30. The van der Waals surface area contributed by atoms with Crippen molar-refractivity contribution in [1.29, 1.82) is 0 Å². The van der Waals surface area contributed by atoms with E-state index >= 15 is 0 Å². The van der Waals surface area contributed by atoms with Crippen molar-refractivity contribution in [3.05, 3.63) is 77.6 Å². The van der Waals surface area contributed by atoms with E-state index < -0.39 is 0 Å². The Morgan fingerprint density at radius 2 is 1.73 bits per heavy atom. The van der Waals surface area contributed by atoms with Crippen LogP contribution in [-0.4, -0.2) is 23.3 Å². The van der Waals surface area contributed by atoms with Crippen LogP contribution in [0.3, 0.4) is 0 Å². The zero-order valence-electron chi connectivity index (χ0n) is 14.7. The van der Waals surface area contributed by atoms with Gasteiger partial charge < -0.3 is 10.6 Å². The molecule has 5 heteroatoms. The molecule has 0 fully saturated rings. The molecule has 26 heavy (non-hydrogen) atoms. The molecular weight excluding hydrogens is 326 g/mol. The minimum atomic E-state index is -0.177. The number of hydrogen-bond donors (Lipinski definition) is 2. The summed E-state index contributed by atoms with van der Waals surface area (Å²) in [6, 6.07) is 19.1. The summed E-state index contributed by atoms with van der Waals surface area (Å²) in [5, 5.41) is 7.71. The van der Waals surface area contributed by atoms with Crippen LogP contribution in [0.5, 0.6) is 0 Å². The van der Waals surface area contributed by atoms with Gasteiger partial charge in [0.05, 0.1) is 12.2 Å². The van der Waals surface area contributed by atoms with Gasteiger partial charge >= 0.3 is 0 Å². The predicted octanol–water partition coefficient (Wildman–Crippen LogP) is 2.98. The van der Waals surface area contributed by atoms with Gasteiger partial charge in [-0.3, -0.25) is 14.6 Å². The Morgan fingerprint density at radius 3 is 2.54 bits per heavy atom. The Morgan fingerprint density at radius 1 is 0.923 bits per heavy atom. The lowest BCUT2D eigenvalue weighted by molar-refractivity contribution is -0.121. The number of pyridine rings is 1. The van der Waals surface area contributed by atoms with Crippen LogP contribution < -0.4 is 10.6 Å². The van der Waals surface area contributed by atoms with Gasteiger partial charge in [0.15, 0.2) is 0 Å². The number of carbonyl (C=O) groups excluding carboxylic acids is 2. The summed E-state index contributed by atoms with van der Waals surface area (Å²) in [7, 11) is 0. The minimum Gasteiger partial charge on any atom is -0.352 e. The standard InChI is InChI=1S/C21H21N3O2/c1-15-5-4-8-19(24-15)14-23-20(25)11-12-22-21(26)18-10-9-16-6-2-3-7-17(16)13-18/h2-10,13H,11-12,14H2,1H3,(H,22,26)(H,23,25). The van der Waals surface area contributed by atoms with E-state index in [0.29, 0.717) is 18.7 Å². The van der Waals surface area contributed by atoms with E-state index in [4.69, 9.17) is 0 Å². The fourth-order valence-corrected chi connectivity index (χ4v) is 2.70. The summed E-state index contributed by atoms with van der Waals surface area (Å²) >= 11 is 0. The van der Waals surface area contributed by atoms with Gasteiger partial charge in [-0.1, -0.05) is 36.4 Å². The molecule has 1 heterocycles. The number of hydrogen-bond acceptors (Lipinski definition) is 3. The normalized spacial score (nSPS) is 10.5. The number of benzene rings is 2. The maximum Gasteiger partial charge on any atom is 0.251 e. The third-order valence-corrected chi connectivity index (χ3v) is 4.06. The summed E-state index contributed by atoms with van der Waals surface area (Å²) < 4.78 is 0. The van der Waals surface area contributed by atoms with Crippen LogP contribution in [-0.2, 0) is 11.3 Å². The molecule has 0 bridgehead atoms. The quantitative estimate of drug-likeness (QED) is 0.720. The fourth-order valence-electron chi connectivity index (χ4n) is 2.70. The number of nitrogens with one attached hydrogen (secondary N) is 2. The van der Waals surface area contributed by atoms with Crippen LogP contribution in [0.2, 0.25) is 0 Å². The van der Waals surface area contributed by atoms with Crippen molar-refractivity contribution in [2.75, 3.05) is 6.54 Å². The van der Waals surface area contributed by atoms with E-state index in [2.05, 4.69) is 15.6 Å². The number of carbonyl (C=O) groups is 2. The van der Waals surface area contributed by atoms with E-state index in [0.717, 1.165) is 22.2 Å². The summed E-state index contributed by atoms with van der Waals surface area (Å²) in [5.74, 6) is -0.295. The van der Waals surface area contributed by atoms with Gasteiger partial charge in [0.2, 0.25) is 5.91 Å². The van der Waals surface area contributed by atoms with Crippen LogP contribution in [0, 0.1) is 6.92 Å². The molecule has 0 aliphatic heterocycles. The van der Waals surface area contributed by atoms with Gasteiger partial charge in [-0.05, 0) is 42.0 Å². The molecule has 0 saturated heterocycles. The highest BCUT2D eigenvalue weighted by Crippen LogP contribution is 2.15. The van der Waals surface area contributed by atoms with Gasteiger partial charge in [-0.15, -0.1) is 0 Å². The van der Waals surface area contributed by atoms with E-state index in [1.807, 2.05) is 61.5 Å². The maximum absolute atomic E-state index is 12.2. The molecule has 5 nitrogen and oxygen atoms in total. The number of nitrogens with zero attached hydrogens (tertiary/aromatic N) is 1. The molecule has 0 radical (unpaired) electrons. The van der Waals surface area contributed by atoms with Gasteiger partial charge in [0.1, 0.15) is 0 Å². The highest BCUT2D eigenvalue weighted by Gasteiger charge is 2.07. The van der Waals surface area contributed by atoms with Crippen molar-refractivity contribution in [1.82, 2.24) is 15.6 Å². The Bertz CT molecular complexity index is 937. The first-order valence-corrected chi connectivity index (χ1v) is 8.58. The topological polar surface area (TPSA) is 71.1 Å². The van der Waals surface area contributed by atoms with Crippen molar-refractivity contribution in [2.24, 2.45) is 0 Å². The molecule has 3 aromatic rings. The van der Waals surface area contributed by atoms with Gasteiger partial charge in [0.25, 0.3) is 5.91 Å². The second kappa shape index (κ2) is 8.25. The molecular formula is C21H21N3O2. The van der Waals surface area contributed by atoms with Crippen LogP contribution >= 0.6 is 0 Å². The molecule has 0 aliphatic rings. The minimum absolute atomic E-state index is 0.118. The smallest absolute Gasteiger partial charge is 0.251 e. The highest BCUT2D eigenvalue weighted by atomic mass is 16.2. The Hall–Kier alpha value is -3.21. The molecule has 132 valence electrons. The van der Waals surface area contributed by atoms with Crippen molar-refractivity contribution in [3.8, 4) is 0 Å². The number of aryl methyl sites for hydroxylation is 1. The average molecular weight is 347 g/mol. The second-order valence-corrected chi connectivity index (χ2v) is 6.11. The summed E-state index contributed by atoms with van der Waals surface area (Å²) in [6.07, 6.45) is 0.227. The van der Waals surface area contributed by atoms with Crippen molar-refractivity contribution in [2.45, 2.75) is 19.9 Å². The molecule has 0 saturated carbocycles. The summed E-state index contributed by atoms with van der Waals surface area (Å²) in [6.45, 7) is 2.59. The van der Waals surface area contributed by atoms with Crippen molar-refractivity contribution < 1.29 is 9.59 Å². The molecule has 2 aromatic carbocycles. The van der Waals surface area contributed by atoms with E-state index in [-0.39, 0.29) is 18.2 Å². The van der Waals surface area contributed by atoms with Gasteiger partial charge in [-0.25, -0.2) is 0 Å². The monoisotopic (exact) mass is 347 g/mol. The Balaban J connectivity index is 1.46. The van der Waals surface area contributed by atoms with Gasteiger partial charge in [0, 0.05) is 24.2 Å². The maximum atomic E-state index is 12.2. The second-order valence-electron chi connectivity index (χ2n) is 6.11. The van der Waals surface area contributed by atoms with Crippen LogP contribution in [0.15, 0.2) is 60.7 Å². The fraction of sp³-hybridized carbons (Fsp3) is 0.190. The highest BCUT2D eigenvalue weighted by molar-refractivity contribution is 5.98. The zero-order chi connectivity index (χ0) is 18.4. The SMILES string of the molecule is Cc1cccc(CNC(=O)CCNC(=O)c2ccc3ccccc3c2)n1. The number of amides is 2. The molecule has 0 atom stereocenters. The van der Waals surface area contributed by atoms with E-state index in [1.165, 1.54) is 0 Å². The average Bonchev–Trinajstić information content (AvgIpc) is 2.66.